The first-order valence-corrected chi connectivity index (χ1v) is 7.50. The number of hydrogen-bond acceptors (Lipinski definition) is 6. The number of fused-ring (bicyclic) bond motifs is 1. The monoisotopic (exact) mass is 290 g/mol. The molecule has 1 aromatic rings. The van der Waals surface area contributed by atoms with Gasteiger partial charge in [0.1, 0.15) is 5.69 Å². The first-order valence-electron chi connectivity index (χ1n) is 7.50. The van der Waals surface area contributed by atoms with Crippen LogP contribution in [-0.4, -0.2) is 57.6 Å². The number of amidine groups is 1. The van der Waals surface area contributed by atoms with Crippen LogP contribution in [0.25, 0.3) is 0 Å². The Morgan fingerprint density at radius 2 is 2.29 bits per heavy atom. The molecule has 0 saturated carbocycles. The Balaban J connectivity index is 1.82. The molecule has 0 bridgehead atoms. The van der Waals surface area contributed by atoms with E-state index in [1.807, 2.05) is 0 Å². The fraction of sp³-hybridized carbons (Fsp3) is 0.643. The molecule has 2 aliphatic rings. The van der Waals surface area contributed by atoms with E-state index < -0.39 is 0 Å². The van der Waals surface area contributed by atoms with E-state index in [1.165, 1.54) is 25.8 Å². The number of nitrogens with two attached hydrogens (primary N) is 1. The summed E-state index contributed by atoms with van der Waals surface area (Å²) in [6, 6.07) is 2.60. The summed E-state index contributed by atoms with van der Waals surface area (Å²) in [7, 11) is 0. The molecule has 2 unspecified atom stereocenters. The van der Waals surface area contributed by atoms with Gasteiger partial charge in [0.15, 0.2) is 5.84 Å². The number of aromatic nitrogens is 2. The van der Waals surface area contributed by atoms with Crippen LogP contribution in [0.1, 0.15) is 31.9 Å². The molecule has 3 heterocycles. The van der Waals surface area contributed by atoms with Gasteiger partial charge in [0, 0.05) is 31.4 Å². The first kappa shape index (κ1) is 14.1. The normalized spacial score (nSPS) is 27.5. The van der Waals surface area contributed by atoms with E-state index in [0.29, 0.717) is 23.7 Å². The quantitative estimate of drug-likeness (QED) is 0.359. The smallest absolute Gasteiger partial charge is 0.226 e. The van der Waals surface area contributed by atoms with Gasteiger partial charge in [-0.15, -0.1) is 0 Å². The molecule has 3 rings (SSSR count). The fourth-order valence-corrected chi connectivity index (χ4v) is 3.31. The zero-order valence-electron chi connectivity index (χ0n) is 12.3. The van der Waals surface area contributed by atoms with Gasteiger partial charge in [-0.25, -0.2) is 9.97 Å². The molecule has 2 atom stereocenters. The van der Waals surface area contributed by atoms with Crippen molar-refractivity contribution in [2.45, 2.75) is 38.3 Å². The molecule has 2 saturated heterocycles. The Kier molecular flexibility index (Phi) is 3.92. The molecule has 3 N–H and O–H groups in total. The lowest BCUT2D eigenvalue weighted by atomic mass is 9.97. The number of piperazine rings is 1. The molecule has 0 aliphatic carbocycles. The maximum absolute atomic E-state index is 8.78. The highest BCUT2D eigenvalue weighted by molar-refractivity contribution is 5.95. The molecular weight excluding hydrogens is 268 g/mol. The molecule has 1 aromatic heterocycles. The zero-order valence-corrected chi connectivity index (χ0v) is 12.3. The van der Waals surface area contributed by atoms with Crippen LogP contribution >= 0.6 is 0 Å². The molecule has 2 fully saturated rings. The lowest BCUT2D eigenvalue weighted by Gasteiger charge is -2.47. The summed E-state index contributed by atoms with van der Waals surface area (Å²) >= 11 is 0. The van der Waals surface area contributed by atoms with E-state index in [2.05, 4.69) is 31.8 Å². The van der Waals surface area contributed by atoms with Crippen LogP contribution in [0.3, 0.4) is 0 Å². The molecule has 0 aromatic carbocycles. The SMILES string of the molecule is CC1CN2CCCCC2CN1c1nccc(/C(N)=N/O)n1. The summed E-state index contributed by atoms with van der Waals surface area (Å²) in [5, 5.41) is 11.8. The predicted molar refractivity (Wildman–Crippen MR) is 80.6 cm³/mol. The third-order valence-corrected chi connectivity index (χ3v) is 4.46. The lowest BCUT2D eigenvalue weighted by molar-refractivity contribution is 0.115. The van der Waals surface area contributed by atoms with Crippen LogP contribution in [0, 0.1) is 0 Å². The molecular formula is C14H22N6O. The molecule has 21 heavy (non-hydrogen) atoms. The van der Waals surface area contributed by atoms with Gasteiger partial charge in [0.25, 0.3) is 0 Å². The molecule has 7 heteroatoms. The van der Waals surface area contributed by atoms with E-state index >= 15 is 0 Å². The van der Waals surface area contributed by atoms with Crippen molar-refractivity contribution in [1.82, 2.24) is 14.9 Å². The van der Waals surface area contributed by atoms with E-state index in [-0.39, 0.29) is 5.84 Å². The number of piperidine rings is 1. The van der Waals surface area contributed by atoms with Gasteiger partial charge in [-0.1, -0.05) is 11.6 Å². The van der Waals surface area contributed by atoms with Crippen LogP contribution in [0.2, 0.25) is 0 Å². The Hall–Kier alpha value is -1.89. The van der Waals surface area contributed by atoms with E-state index in [1.54, 1.807) is 12.3 Å². The predicted octanol–water partition coefficient (Wildman–Crippen LogP) is 0.634. The highest BCUT2D eigenvalue weighted by atomic mass is 16.4. The Labute approximate surface area is 124 Å². The van der Waals surface area contributed by atoms with Crippen LogP contribution in [0.4, 0.5) is 5.95 Å². The van der Waals surface area contributed by atoms with E-state index in [0.717, 1.165) is 13.1 Å². The van der Waals surface area contributed by atoms with Crippen molar-refractivity contribution in [1.29, 1.82) is 0 Å². The fourth-order valence-electron chi connectivity index (χ4n) is 3.31. The largest absolute Gasteiger partial charge is 0.409 e. The standard InChI is InChI=1S/C14H22N6O/c1-10-8-19-7-3-2-4-11(19)9-20(10)14-16-6-5-12(17-14)13(15)18-21/h5-6,10-11,21H,2-4,7-9H2,1H3,(H2,15,18). The second-order valence-corrected chi connectivity index (χ2v) is 5.87. The first-order chi connectivity index (χ1) is 10.2. The molecule has 7 nitrogen and oxygen atoms in total. The minimum Gasteiger partial charge on any atom is -0.409 e. The third-order valence-electron chi connectivity index (χ3n) is 4.46. The second-order valence-electron chi connectivity index (χ2n) is 5.87. The summed E-state index contributed by atoms with van der Waals surface area (Å²) in [5.41, 5.74) is 6.08. The summed E-state index contributed by atoms with van der Waals surface area (Å²) in [4.78, 5) is 13.6. The number of oxime groups is 1. The van der Waals surface area contributed by atoms with E-state index in [4.69, 9.17) is 10.9 Å². The third kappa shape index (κ3) is 2.78. The number of anilines is 1. The maximum Gasteiger partial charge on any atom is 0.226 e. The second kappa shape index (κ2) is 5.85. The average Bonchev–Trinajstić information content (AvgIpc) is 2.53. The van der Waals surface area contributed by atoms with Crippen LogP contribution in [0.15, 0.2) is 17.4 Å². The molecule has 0 amide bonds. The summed E-state index contributed by atoms with van der Waals surface area (Å²) in [6.07, 6.45) is 5.51. The minimum absolute atomic E-state index is 0.0163. The Morgan fingerprint density at radius 3 is 3.10 bits per heavy atom. The van der Waals surface area contributed by atoms with Gasteiger partial charge in [-0.05, 0) is 32.4 Å². The van der Waals surface area contributed by atoms with Gasteiger partial charge in [-0.3, -0.25) is 4.90 Å². The number of rotatable bonds is 2. The maximum atomic E-state index is 8.78. The van der Waals surface area contributed by atoms with Gasteiger partial charge in [0.2, 0.25) is 5.95 Å². The molecule has 2 aliphatic heterocycles. The Bertz CT molecular complexity index is 534. The van der Waals surface area contributed by atoms with Crippen molar-refractivity contribution < 1.29 is 5.21 Å². The summed E-state index contributed by atoms with van der Waals surface area (Å²) in [6.45, 7) is 5.39. The summed E-state index contributed by atoms with van der Waals surface area (Å²) in [5.74, 6) is 0.680. The average molecular weight is 290 g/mol. The highest BCUT2D eigenvalue weighted by Gasteiger charge is 2.34. The lowest BCUT2D eigenvalue weighted by Crippen LogP contribution is -2.59. The number of nitrogens with zero attached hydrogens (tertiary/aromatic N) is 5. The van der Waals surface area contributed by atoms with Crippen LogP contribution < -0.4 is 10.6 Å². The van der Waals surface area contributed by atoms with Crippen LogP contribution in [0.5, 0.6) is 0 Å². The van der Waals surface area contributed by atoms with Crippen molar-refractivity contribution in [3.05, 3.63) is 18.0 Å². The van der Waals surface area contributed by atoms with Crippen molar-refractivity contribution in [2.75, 3.05) is 24.5 Å². The highest BCUT2D eigenvalue weighted by Crippen LogP contribution is 2.26. The van der Waals surface area contributed by atoms with Gasteiger partial charge < -0.3 is 15.8 Å². The van der Waals surface area contributed by atoms with Crippen molar-refractivity contribution in [2.24, 2.45) is 10.9 Å². The summed E-state index contributed by atoms with van der Waals surface area (Å²) < 4.78 is 0. The molecule has 0 spiro atoms. The van der Waals surface area contributed by atoms with Crippen molar-refractivity contribution in [3.8, 4) is 0 Å². The van der Waals surface area contributed by atoms with E-state index in [9.17, 15) is 0 Å². The Morgan fingerprint density at radius 1 is 1.43 bits per heavy atom. The van der Waals surface area contributed by atoms with Crippen LogP contribution in [-0.2, 0) is 0 Å². The zero-order chi connectivity index (χ0) is 14.8. The van der Waals surface area contributed by atoms with Gasteiger partial charge in [-0.2, -0.15) is 0 Å². The van der Waals surface area contributed by atoms with Gasteiger partial charge in [0.05, 0.1) is 0 Å². The minimum atomic E-state index is 0.0163. The van der Waals surface area contributed by atoms with Crippen molar-refractivity contribution >= 4 is 11.8 Å². The molecule has 114 valence electrons. The topological polar surface area (TPSA) is 90.9 Å². The molecule has 0 radical (unpaired) electrons. The van der Waals surface area contributed by atoms with Crippen molar-refractivity contribution in [3.63, 3.8) is 0 Å². The van der Waals surface area contributed by atoms with Gasteiger partial charge >= 0.3 is 0 Å². The number of hydrogen-bond donors (Lipinski definition) is 2.